The zero-order valence-electron chi connectivity index (χ0n) is 20.9. The monoisotopic (exact) mass is 511 g/mol. The molecular formula is C33H25N3O3. The molecule has 3 heterocycles. The summed E-state index contributed by atoms with van der Waals surface area (Å²) in [4.78, 5) is 35.7. The molecule has 1 saturated carbocycles. The number of aromatic nitrogens is 2. The molecule has 7 rings (SSSR count). The van der Waals surface area contributed by atoms with Crippen molar-refractivity contribution in [3.8, 4) is 0 Å². The van der Waals surface area contributed by atoms with Gasteiger partial charge in [0.05, 0.1) is 23.2 Å². The van der Waals surface area contributed by atoms with Crippen LogP contribution in [-0.4, -0.2) is 26.9 Å². The highest BCUT2D eigenvalue weighted by atomic mass is 16.3. The van der Waals surface area contributed by atoms with Gasteiger partial charge in [-0.1, -0.05) is 78.9 Å². The lowest BCUT2D eigenvalue weighted by Gasteiger charge is -2.36. The van der Waals surface area contributed by atoms with Gasteiger partial charge < -0.3 is 5.11 Å². The Labute approximate surface area is 225 Å². The number of fused-ring (bicyclic) bond motifs is 5. The van der Waals surface area contributed by atoms with E-state index >= 15 is 0 Å². The highest BCUT2D eigenvalue weighted by molar-refractivity contribution is 6.08. The van der Waals surface area contributed by atoms with Gasteiger partial charge in [0.15, 0.2) is 5.60 Å². The molecule has 0 spiro atoms. The number of aliphatic hydroxyl groups is 1. The van der Waals surface area contributed by atoms with Crippen molar-refractivity contribution in [2.45, 2.75) is 5.60 Å². The van der Waals surface area contributed by atoms with Gasteiger partial charge in [-0.05, 0) is 46.5 Å². The molecule has 5 atom stereocenters. The SMILES string of the molecule is O=C1NC(=O)[C@@H]2[C@@H]1[C@@H]1C([C@](O)(c3ccccc3)c3ccccn3)=C[C@H]2/C1=C(\c1ccccc1)c1ccccn1. The Morgan fingerprint density at radius 1 is 0.744 bits per heavy atom. The molecule has 2 bridgehead atoms. The quantitative estimate of drug-likeness (QED) is 0.308. The smallest absolute Gasteiger partial charge is 0.231 e. The fourth-order valence-corrected chi connectivity index (χ4v) is 6.77. The third kappa shape index (κ3) is 3.45. The molecule has 1 saturated heterocycles. The van der Waals surface area contributed by atoms with Crippen molar-refractivity contribution in [2.75, 3.05) is 0 Å². The standard InChI is InChI=1S/C33H25N3O3/c37-31-28-22-19-23(33(39,21-13-5-2-6-14-21)25-16-8-10-18-35-25)29(30(28)32(38)36-31)27(22)26(20-11-3-1-4-12-20)24-15-7-9-17-34-24/h1-19,22,28-30,39H,(H,36,37,38)/b27-26-/t22-,28-,29+,30+,33+/m0/s1. The second-order valence-corrected chi connectivity index (χ2v) is 10.2. The van der Waals surface area contributed by atoms with Gasteiger partial charge in [0, 0.05) is 29.8 Å². The average molecular weight is 512 g/mol. The fraction of sp³-hybridized carbons (Fsp3) is 0.152. The van der Waals surface area contributed by atoms with Crippen LogP contribution in [0.1, 0.15) is 22.5 Å². The van der Waals surface area contributed by atoms with Gasteiger partial charge in [-0.15, -0.1) is 0 Å². The van der Waals surface area contributed by atoms with Crippen molar-refractivity contribution in [2.24, 2.45) is 23.7 Å². The molecule has 0 unspecified atom stereocenters. The molecule has 2 aliphatic carbocycles. The third-order valence-electron chi connectivity index (χ3n) is 8.29. The van der Waals surface area contributed by atoms with Gasteiger partial charge in [-0.25, -0.2) is 0 Å². The van der Waals surface area contributed by atoms with E-state index in [9.17, 15) is 14.7 Å². The van der Waals surface area contributed by atoms with Crippen LogP contribution in [0.15, 0.2) is 127 Å². The molecule has 190 valence electrons. The molecule has 4 aromatic rings. The topological polar surface area (TPSA) is 92.2 Å². The number of imide groups is 1. The molecule has 2 amide bonds. The lowest BCUT2D eigenvalue weighted by atomic mass is 9.71. The van der Waals surface area contributed by atoms with Crippen molar-refractivity contribution in [3.63, 3.8) is 0 Å². The molecule has 0 radical (unpaired) electrons. The first-order valence-electron chi connectivity index (χ1n) is 13.1. The van der Waals surface area contributed by atoms with Crippen LogP contribution in [0, 0.1) is 23.7 Å². The number of rotatable bonds is 5. The maximum Gasteiger partial charge on any atom is 0.231 e. The first-order chi connectivity index (χ1) is 19.1. The number of carbonyl (C=O) groups is 2. The maximum absolute atomic E-state index is 13.3. The normalized spacial score (nSPS) is 26.0. The Morgan fingerprint density at radius 3 is 2.05 bits per heavy atom. The summed E-state index contributed by atoms with van der Waals surface area (Å²) in [6, 6.07) is 30.6. The van der Waals surface area contributed by atoms with E-state index in [-0.39, 0.29) is 17.7 Å². The fourth-order valence-electron chi connectivity index (χ4n) is 6.77. The molecule has 2 fully saturated rings. The number of allylic oxidation sites excluding steroid dienone is 2. The van der Waals surface area contributed by atoms with E-state index in [2.05, 4.69) is 10.3 Å². The minimum Gasteiger partial charge on any atom is -0.375 e. The molecule has 2 aromatic carbocycles. The Hall–Kier alpha value is -4.68. The average Bonchev–Trinajstić information content (AvgIpc) is 3.63. The summed E-state index contributed by atoms with van der Waals surface area (Å²) < 4.78 is 0. The van der Waals surface area contributed by atoms with Gasteiger partial charge in [-0.3, -0.25) is 24.9 Å². The predicted octanol–water partition coefficient (Wildman–Crippen LogP) is 4.29. The van der Waals surface area contributed by atoms with Crippen molar-refractivity contribution >= 4 is 17.4 Å². The van der Waals surface area contributed by atoms with Crippen LogP contribution < -0.4 is 5.32 Å². The number of hydrogen-bond donors (Lipinski definition) is 2. The summed E-state index contributed by atoms with van der Waals surface area (Å²) in [5, 5.41) is 15.3. The predicted molar refractivity (Wildman–Crippen MR) is 146 cm³/mol. The first-order valence-corrected chi connectivity index (χ1v) is 13.1. The second kappa shape index (κ2) is 8.96. The van der Waals surface area contributed by atoms with E-state index in [1.807, 2.05) is 97.1 Å². The van der Waals surface area contributed by atoms with Gasteiger partial charge in [0.2, 0.25) is 11.8 Å². The molecule has 3 aliphatic rings. The zero-order chi connectivity index (χ0) is 26.6. The van der Waals surface area contributed by atoms with Crippen LogP contribution in [-0.2, 0) is 15.2 Å². The molecule has 1 aliphatic heterocycles. The van der Waals surface area contributed by atoms with Crippen LogP contribution >= 0.6 is 0 Å². The molecule has 2 aromatic heterocycles. The van der Waals surface area contributed by atoms with E-state index in [0.29, 0.717) is 16.8 Å². The Bertz CT molecular complexity index is 1550. The summed E-state index contributed by atoms with van der Waals surface area (Å²) in [6.45, 7) is 0. The van der Waals surface area contributed by atoms with Gasteiger partial charge in [0.1, 0.15) is 0 Å². The molecule has 6 nitrogen and oxygen atoms in total. The zero-order valence-corrected chi connectivity index (χ0v) is 20.9. The van der Waals surface area contributed by atoms with Crippen molar-refractivity contribution in [3.05, 3.63) is 149 Å². The number of nitrogens with one attached hydrogen (secondary N) is 1. The van der Waals surface area contributed by atoms with Crippen LogP contribution in [0.5, 0.6) is 0 Å². The summed E-state index contributed by atoms with van der Waals surface area (Å²) in [7, 11) is 0. The summed E-state index contributed by atoms with van der Waals surface area (Å²) in [5.41, 5.74) is 3.74. The van der Waals surface area contributed by atoms with E-state index in [0.717, 1.165) is 22.4 Å². The van der Waals surface area contributed by atoms with Crippen LogP contribution in [0.4, 0.5) is 0 Å². The highest BCUT2D eigenvalue weighted by Gasteiger charge is 2.64. The maximum atomic E-state index is 13.3. The lowest BCUT2D eigenvalue weighted by Crippen LogP contribution is -2.38. The largest absolute Gasteiger partial charge is 0.375 e. The van der Waals surface area contributed by atoms with E-state index in [4.69, 9.17) is 4.98 Å². The highest BCUT2D eigenvalue weighted by Crippen LogP contribution is 2.63. The van der Waals surface area contributed by atoms with Crippen molar-refractivity contribution < 1.29 is 14.7 Å². The lowest BCUT2D eigenvalue weighted by molar-refractivity contribution is -0.126. The van der Waals surface area contributed by atoms with Crippen LogP contribution in [0.3, 0.4) is 0 Å². The second-order valence-electron chi connectivity index (χ2n) is 10.2. The minimum absolute atomic E-state index is 0.264. The van der Waals surface area contributed by atoms with Crippen molar-refractivity contribution in [1.29, 1.82) is 0 Å². The Kier molecular flexibility index (Phi) is 5.39. The summed E-state index contributed by atoms with van der Waals surface area (Å²) >= 11 is 0. The molecule has 39 heavy (non-hydrogen) atoms. The van der Waals surface area contributed by atoms with Crippen LogP contribution in [0.2, 0.25) is 0 Å². The third-order valence-corrected chi connectivity index (χ3v) is 8.29. The molecule has 2 N–H and O–H groups in total. The van der Waals surface area contributed by atoms with Crippen LogP contribution in [0.25, 0.3) is 5.57 Å². The van der Waals surface area contributed by atoms with Gasteiger partial charge >= 0.3 is 0 Å². The number of benzene rings is 2. The summed E-state index contributed by atoms with van der Waals surface area (Å²) in [5.74, 6) is -2.62. The van der Waals surface area contributed by atoms with E-state index in [1.165, 1.54) is 0 Å². The van der Waals surface area contributed by atoms with Crippen molar-refractivity contribution in [1.82, 2.24) is 15.3 Å². The number of pyridine rings is 2. The van der Waals surface area contributed by atoms with E-state index in [1.54, 1.807) is 18.5 Å². The van der Waals surface area contributed by atoms with Gasteiger partial charge in [0.25, 0.3) is 0 Å². The number of amides is 2. The number of nitrogens with zero attached hydrogens (tertiary/aromatic N) is 2. The molecular weight excluding hydrogens is 486 g/mol. The Balaban J connectivity index is 1.53. The Morgan fingerprint density at radius 2 is 1.38 bits per heavy atom. The minimum atomic E-state index is -1.60. The van der Waals surface area contributed by atoms with E-state index < -0.39 is 23.4 Å². The number of carbonyl (C=O) groups excluding carboxylic acids is 2. The van der Waals surface area contributed by atoms with Gasteiger partial charge in [-0.2, -0.15) is 0 Å². The number of hydrogen-bond acceptors (Lipinski definition) is 5. The summed E-state index contributed by atoms with van der Waals surface area (Å²) in [6.07, 6.45) is 5.41. The molecule has 6 heteroatoms. The first kappa shape index (κ1) is 23.4.